The number of nitrogens with zero attached hydrogens (tertiary/aromatic N) is 4. The van der Waals surface area contributed by atoms with Gasteiger partial charge >= 0.3 is 0 Å². The van der Waals surface area contributed by atoms with Crippen molar-refractivity contribution in [2.45, 2.75) is 6.54 Å². The molecule has 128 valence electrons. The molecule has 7 nitrogen and oxygen atoms in total. The number of ether oxygens (including phenoxy) is 2. The van der Waals surface area contributed by atoms with Crippen LogP contribution in [0.1, 0.15) is 10.4 Å². The SMILES string of the molecule is C#CCn1c(=NC(=O)c2cn(C)nc2OC)sc2cc(OC)ccc21. The molecular formula is C17H16N4O3S. The lowest BCUT2D eigenvalue weighted by atomic mass is 10.3. The zero-order chi connectivity index (χ0) is 18.0. The van der Waals surface area contributed by atoms with Crippen LogP contribution in [0, 0.1) is 12.3 Å². The average Bonchev–Trinajstić information content (AvgIpc) is 3.15. The van der Waals surface area contributed by atoms with Crippen molar-refractivity contribution >= 4 is 27.5 Å². The first-order valence-corrected chi connectivity index (χ1v) is 8.16. The van der Waals surface area contributed by atoms with Crippen LogP contribution in [-0.4, -0.2) is 34.5 Å². The van der Waals surface area contributed by atoms with Crippen LogP contribution in [-0.2, 0) is 13.6 Å². The minimum Gasteiger partial charge on any atom is -0.497 e. The van der Waals surface area contributed by atoms with Gasteiger partial charge in [-0.05, 0) is 18.2 Å². The minimum absolute atomic E-state index is 0.238. The Labute approximate surface area is 148 Å². The van der Waals surface area contributed by atoms with E-state index in [1.165, 1.54) is 23.1 Å². The van der Waals surface area contributed by atoms with Gasteiger partial charge < -0.3 is 14.0 Å². The fourth-order valence-corrected chi connectivity index (χ4v) is 3.48. The summed E-state index contributed by atoms with van der Waals surface area (Å²) in [5.41, 5.74) is 1.20. The van der Waals surface area contributed by atoms with Crippen molar-refractivity contribution in [3.05, 3.63) is 34.8 Å². The van der Waals surface area contributed by atoms with E-state index in [2.05, 4.69) is 16.0 Å². The van der Waals surface area contributed by atoms with Crippen LogP contribution in [0.4, 0.5) is 0 Å². The molecule has 2 heterocycles. The predicted octanol–water partition coefficient (Wildman–Crippen LogP) is 1.83. The Balaban J connectivity index is 2.16. The van der Waals surface area contributed by atoms with Crippen molar-refractivity contribution in [1.29, 1.82) is 0 Å². The number of aromatic nitrogens is 3. The molecule has 0 atom stereocenters. The number of methoxy groups -OCH3 is 2. The van der Waals surface area contributed by atoms with Crippen molar-refractivity contribution in [2.24, 2.45) is 12.0 Å². The van der Waals surface area contributed by atoms with Gasteiger partial charge in [-0.2, -0.15) is 4.99 Å². The van der Waals surface area contributed by atoms with Gasteiger partial charge in [0.25, 0.3) is 5.91 Å². The lowest BCUT2D eigenvalue weighted by Crippen LogP contribution is -2.16. The maximum atomic E-state index is 12.6. The molecule has 0 spiro atoms. The molecule has 1 aromatic carbocycles. The average molecular weight is 356 g/mol. The summed E-state index contributed by atoms with van der Waals surface area (Å²) >= 11 is 1.37. The first-order valence-electron chi connectivity index (χ1n) is 7.35. The number of aryl methyl sites for hydroxylation is 1. The Kier molecular flexibility index (Phi) is 4.59. The molecule has 3 aromatic rings. The Morgan fingerprint density at radius 1 is 1.40 bits per heavy atom. The third kappa shape index (κ3) is 3.14. The molecule has 0 radical (unpaired) electrons. The monoisotopic (exact) mass is 356 g/mol. The van der Waals surface area contributed by atoms with Gasteiger partial charge in [0.05, 0.1) is 31.0 Å². The van der Waals surface area contributed by atoms with Crippen molar-refractivity contribution in [3.63, 3.8) is 0 Å². The molecule has 0 aliphatic heterocycles. The van der Waals surface area contributed by atoms with Crippen molar-refractivity contribution in [1.82, 2.24) is 14.3 Å². The fraction of sp³-hybridized carbons (Fsp3) is 0.235. The molecule has 0 saturated carbocycles. The number of hydrogen-bond acceptors (Lipinski definition) is 5. The Bertz CT molecular complexity index is 1050. The van der Waals surface area contributed by atoms with Crippen molar-refractivity contribution in [3.8, 4) is 24.0 Å². The fourth-order valence-electron chi connectivity index (χ4n) is 2.42. The first kappa shape index (κ1) is 16.8. The number of carbonyl (C=O) groups excluding carboxylic acids is 1. The molecule has 8 heteroatoms. The molecule has 0 aliphatic rings. The Morgan fingerprint density at radius 3 is 2.88 bits per heavy atom. The third-order valence-corrected chi connectivity index (χ3v) is 4.60. The second kappa shape index (κ2) is 6.83. The highest BCUT2D eigenvalue weighted by molar-refractivity contribution is 7.16. The lowest BCUT2D eigenvalue weighted by Gasteiger charge is -2.01. The summed E-state index contributed by atoms with van der Waals surface area (Å²) in [6.07, 6.45) is 7.05. The Morgan fingerprint density at radius 2 is 2.20 bits per heavy atom. The van der Waals surface area contributed by atoms with Crippen LogP contribution >= 0.6 is 11.3 Å². The normalized spacial score (nSPS) is 11.5. The lowest BCUT2D eigenvalue weighted by molar-refractivity contribution is 0.0995. The molecule has 25 heavy (non-hydrogen) atoms. The van der Waals surface area contributed by atoms with Crippen LogP contribution in [0.25, 0.3) is 10.2 Å². The summed E-state index contributed by atoms with van der Waals surface area (Å²) < 4.78 is 14.6. The maximum Gasteiger partial charge on any atom is 0.286 e. The zero-order valence-corrected chi connectivity index (χ0v) is 14.8. The van der Waals surface area contributed by atoms with E-state index in [1.807, 2.05) is 22.8 Å². The summed E-state index contributed by atoms with van der Waals surface area (Å²) in [6.45, 7) is 0.308. The summed E-state index contributed by atoms with van der Waals surface area (Å²) in [4.78, 5) is 17.3. The van der Waals surface area contributed by atoms with Crippen LogP contribution < -0.4 is 14.3 Å². The number of amides is 1. The predicted molar refractivity (Wildman–Crippen MR) is 94.9 cm³/mol. The van der Waals surface area contributed by atoms with E-state index in [4.69, 9.17) is 15.9 Å². The van der Waals surface area contributed by atoms with Gasteiger partial charge in [0.15, 0.2) is 4.80 Å². The van der Waals surface area contributed by atoms with Gasteiger partial charge in [-0.25, -0.2) is 0 Å². The number of carbonyl (C=O) groups is 1. The smallest absolute Gasteiger partial charge is 0.286 e. The standard InChI is InChI=1S/C17H16N4O3S/c1-5-8-21-13-7-6-11(23-3)9-14(13)25-17(21)18-15(22)12-10-20(2)19-16(12)24-4/h1,6-7,9-10H,8H2,2-4H3. The highest BCUT2D eigenvalue weighted by atomic mass is 32.1. The second-order valence-electron chi connectivity index (χ2n) is 5.15. The minimum atomic E-state index is -0.436. The molecule has 0 bridgehead atoms. The molecule has 2 aromatic heterocycles. The number of hydrogen-bond donors (Lipinski definition) is 0. The molecule has 1 amide bonds. The quantitative estimate of drug-likeness (QED) is 0.669. The highest BCUT2D eigenvalue weighted by Gasteiger charge is 2.16. The van der Waals surface area contributed by atoms with E-state index in [-0.39, 0.29) is 5.88 Å². The van der Waals surface area contributed by atoms with Gasteiger partial charge in [0.1, 0.15) is 11.3 Å². The summed E-state index contributed by atoms with van der Waals surface area (Å²) in [5.74, 6) is 3.13. The Hall–Kier alpha value is -3.05. The second-order valence-corrected chi connectivity index (χ2v) is 6.16. The third-order valence-electron chi connectivity index (χ3n) is 3.56. The van der Waals surface area contributed by atoms with E-state index < -0.39 is 5.91 Å². The molecule has 3 rings (SSSR count). The van der Waals surface area contributed by atoms with Gasteiger partial charge in [-0.1, -0.05) is 17.3 Å². The van der Waals surface area contributed by atoms with Gasteiger partial charge in [-0.3, -0.25) is 9.48 Å². The van der Waals surface area contributed by atoms with E-state index in [0.717, 1.165) is 16.0 Å². The molecular weight excluding hydrogens is 340 g/mol. The summed E-state index contributed by atoms with van der Waals surface area (Å²) in [7, 11) is 4.78. The number of terminal acetylenes is 1. The summed E-state index contributed by atoms with van der Waals surface area (Å²) in [5, 5.41) is 4.08. The number of fused-ring (bicyclic) bond motifs is 1. The zero-order valence-electron chi connectivity index (χ0n) is 14.0. The van der Waals surface area contributed by atoms with Gasteiger partial charge in [0, 0.05) is 13.2 Å². The van der Waals surface area contributed by atoms with E-state index in [0.29, 0.717) is 16.9 Å². The number of benzene rings is 1. The molecule has 0 saturated heterocycles. The van der Waals surface area contributed by atoms with Crippen molar-refractivity contribution in [2.75, 3.05) is 14.2 Å². The highest BCUT2D eigenvalue weighted by Crippen LogP contribution is 2.23. The van der Waals surface area contributed by atoms with Crippen LogP contribution in [0.2, 0.25) is 0 Å². The maximum absolute atomic E-state index is 12.6. The van der Waals surface area contributed by atoms with Crippen LogP contribution in [0.3, 0.4) is 0 Å². The van der Waals surface area contributed by atoms with Crippen LogP contribution in [0.5, 0.6) is 11.6 Å². The molecule has 0 aliphatic carbocycles. The largest absolute Gasteiger partial charge is 0.497 e. The first-order chi connectivity index (χ1) is 12.1. The van der Waals surface area contributed by atoms with Gasteiger partial charge in [0.2, 0.25) is 5.88 Å². The van der Waals surface area contributed by atoms with E-state index in [9.17, 15) is 4.79 Å². The number of rotatable bonds is 4. The summed E-state index contributed by atoms with van der Waals surface area (Å²) in [6, 6.07) is 5.63. The molecule has 0 unspecified atom stereocenters. The topological polar surface area (TPSA) is 70.6 Å². The number of thiazole rings is 1. The van der Waals surface area contributed by atoms with Crippen molar-refractivity contribution < 1.29 is 14.3 Å². The van der Waals surface area contributed by atoms with Crippen LogP contribution in [0.15, 0.2) is 29.4 Å². The molecule has 0 fully saturated rings. The molecule has 0 N–H and O–H groups in total. The van der Waals surface area contributed by atoms with E-state index >= 15 is 0 Å². The van der Waals surface area contributed by atoms with Gasteiger partial charge in [-0.15, -0.1) is 11.5 Å². The van der Waals surface area contributed by atoms with E-state index in [1.54, 1.807) is 20.4 Å².